The maximum absolute atomic E-state index is 13.2. The SMILES string of the molecule is CCCc1ccc(C(=O)c2c[nH]c3ccccc23)c2ccccc12. The van der Waals surface area contributed by atoms with Crippen molar-refractivity contribution in [3.63, 3.8) is 0 Å². The second-order valence-electron chi connectivity index (χ2n) is 6.14. The van der Waals surface area contributed by atoms with Crippen molar-refractivity contribution in [2.24, 2.45) is 0 Å². The van der Waals surface area contributed by atoms with E-state index in [2.05, 4.69) is 30.1 Å². The number of carbonyl (C=O) groups is 1. The maximum Gasteiger partial charge on any atom is 0.195 e. The van der Waals surface area contributed by atoms with Crippen LogP contribution in [-0.4, -0.2) is 10.8 Å². The van der Waals surface area contributed by atoms with Crippen molar-refractivity contribution in [3.8, 4) is 0 Å². The van der Waals surface area contributed by atoms with Crippen molar-refractivity contribution < 1.29 is 4.79 Å². The van der Waals surface area contributed by atoms with Crippen molar-refractivity contribution in [2.75, 3.05) is 0 Å². The Morgan fingerprint density at radius 1 is 0.833 bits per heavy atom. The van der Waals surface area contributed by atoms with E-state index in [1.807, 2.05) is 48.7 Å². The Hall–Kier alpha value is -2.87. The molecule has 0 amide bonds. The van der Waals surface area contributed by atoms with Crippen molar-refractivity contribution in [1.29, 1.82) is 0 Å². The van der Waals surface area contributed by atoms with Gasteiger partial charge in [-0.2, -0.15) is 0 Å². The van der Waals surface area contributed by atoms with Crippen LogP contribution in [0, 0.1) is 0 Å². The standard InChI is InChI=1S/C22H19NO/c1-2-7-15-12-13-19(17-9-4-3-8-16(15)17)22(24)20-14-23-21-11-6-5-10-18(20)21/h3-6,8-14,23H,2,7H2,1H3. The molecule has 0 aliphatic heterocycles. The van der Waals surface area contributed by atoms with Gasteiger partial charge in [0.2, 0.25) is 0 Å². The molecule has 0 spiro atoms. The van der Waals surface area contributed by atoms with Gasteiger partial charge in [0.25, 0.3) is 0 Å². The first-order valence-electron chi connectivity index (χ1n) is 8.41. The van der Waals surface area contributed by atoms with Crippen LogP contribution in [-0.2, 0) is 6.42 Å². The molecule has 2 nitrogen and oxygen atoms in total. The van der Waals surface area contributed by atoms with E-state index < -0.39 is 0 Å². The molecule has 0 saturated carbocycles. The lowest BCUT2D eigenvalue weighted by Gasteiger charge is -2.10. The highest BCUT2D eigenvalue weighted by molar-refractivity contribution is 6.21. The zero-order valence-corrected chi connectivity index (χ0v) is 13.7. The van der Waals surface area contributed by atoms with Crippen LogP contribution in [0.2, 0.25) is 0 Å². The number of fused-ring (bicyclic) bond motifs is 2. The highest BCUT2D eigenvalue weighted by atomic mass is 16.1. The lowest BCUT2D eigenvalue weighted by atomic mass is 9.93. The number of benzene rings is 3. The summed E-state index contributed by atoms with van der Waals surface area (Å²) in [5.41, 5.74) is 3.81. The predicted molar refractivity (Wildman–Crippen MR) is 99.7 cm³/mol. The Morgan fingerprint density at radius 3 is 2.33 bits per heavy atom. The summed E-state index contributed by atoms with van der Waals surface area (Å²) in [7, 11) is 0. The molecule has 0 saturated heterocycles. The van der Waals surface area contributed by atoms with E-state index in [9.17, 15) is 4.79 Å². The molecule has 0 atom stereocenters. The van der Waals surface area contributed by atoms with Gasteiger partial charge in [-0.25, -0.2) is 0 Å². The molecular weight excluding hydrogens is 294 g/mol. The minimum absolute atomic E-state index is 0.0756. The summed E-state index contributed by atoms with van der Waals surface area (Å²) in [4.78, 5) is 16.4. The van der Waals surface area contributed by atoms with E-state index in [0.29, 0.717) is 0 Å². The first kappa shape index (κ1) is 14.7. The summed E-state index contributed by atoms with van der Waals surface area (Å²) in [5.74, 6) is 0.0756. The molecule has 2 heteroatoms. The van der Waals surface area contributed by atoms with E-state index in [1.165, 1.54) is 10.9 Å². The second kappa shape index (κ2) is 5.97. The lowest BCUT2D eigenvalue weighted by Crippen LogP contribution is -2.02. The number of para-hydroxylation sites is 1. The highest BCUT2D eigenvalue weighted by Gasteiger charge is 2.17. The molecule has 0 aliphatic rings. The Bertz CT molecular complexity index is 1040. The molecule has 1 N–H and O–H groups in total. The molecule has 0 radical (unpaired) electrons. The van der Waals surface area contributed by atoms with Gasteiger partial charge in [0.1, 0.15) is 0 Å². The van der Waals surface area contributed by atoms with E-state index >= 15 is 0 Å². The molecule has 0 aliphatic carbocycles. The Morgan fingerprint density at radius 2 is 1.54 bits per heavy atom. The van der Waals surface area contributed by atoms with Crippen molar-refractivity contribution in [3.05, 3.63) is 83.6 Å². The fourth-order valence-corrected chi connectivity index (χ4v) is 3.45. The summed E-state index contributed by atoms with van der Waals surface area (Å²) in [5, 5.41) is 3.20. The summed E-state index contributed by atoms with van der Waals surface area (Å²) in [6, 6.07) is 20.2. The molecule has 3 aromatic carbocycles. The molecule has 1 aromatic heterocycles. The third-order valence-corrected chi connectivity index (χ3v) is 4.61. The van der Waals surface area contributed by atoms with Crippen LogP contribution < -0.4 is 0 Å². The molecule has 4 rings (SSSR count). The zero-order chi connectivity index (χ0) is 16.5. The average Bonchev–Trinajstić information content (AvgIpc) is 3.06. The number of nitrogens with one attached hydrogen (secondary N) is 1. The monoisotopic (exact) mass is 313 g/mol. The van der Waals surface area contributed by atoms with E-state index in [4.69, 9.17) is 0 Å². The van der Waals surface area contributed by atoms with Crippen molar-refractivity contribution >= 4 is 27.5 Å². The quantitative estimate of drug-likeness (QED) is 0.495. The van der Waals surface area contributed by atoms with Gasteiger partial charge in [-0.3, -0.25) is 4.79 Å². The van der Waals surface area contributed by atoms with Crippen LogP contribution in [0.15, 0.2) is 66.9 Å². The third-order valence-electron chi connectivity index (χ3n) is 4.61. The van der Waals surface area contributed by atoms with Crippen LogP contribution in [0.1, 0.15) is 34.8 Å². The lowest BCUT2D eigenvalue weighted by molar-refractivity contribution is 0.104. The molecule has 24 heavy (non-hydrogen) atoms. The molecule has 0 bridgehead atoms. The van der Waals surface area contributed by atoms with Gasteiger partial charge in [-0.1, -0.05) is 67.9 Å². The van der Waals surface area contributed by atoms with Crippen molar-refractivity contribution in [2.45, 2.75) is 19.8 Å². The first-order chi connectivity index (χ1) is 11.8. The summed E-state index contributed by atoms with van der Waals surface area (Å²) < 4.78 is 0. The number of hydrogen-bond acceptors (Lipinski definition) is 1. The molecule has 118 valence electrons. The van der Waals surface area contributed by atoms with E-state index in [-0.39, 0.29) is 5.78 Å². The minimum atomic E-state index is 0.0756. The van der Waals surface area contributed by atoms with Gasteiger partial charge in [-0.15, -0.1) is 0 Å². The number of aromatic amines is 1. The minimum Gasteiger partial charge on any atom is -0.360 e. The normalized spacial score (nSPS) is 11.2. The second-order valence-corrected chi connectivity index (χ2v) is 6.14. The van der Waals surface area contributed by atoms with Crippen LogP contribution in [0.5, 0.6) is 0 Å². The summed E-state index contributed by atoms with van der Waals surface area (Å²) >= 11 is 0. The molecular formula is C22H19NO. The zero-order valence-electron chi connectivity index (χ0n) is 13.7. The van der Waals surface area contributed by atoms with Gasteiger partial charge in [0.05, 0.1) is 0 Å². The fourth-order valence-electron chi connectivity index (χ4n) is 3.45. The fraction of sp³-hybridized carbons (Fsp3) is 0.136. The largest absolute Gasteiger partial charge is 0.360 e. The predicted octanol–water partition coefficient (Wildman–Crippen LogP) is 5.50. The van der Waals surface area contributed by atoms with E-state index in [1.54, 1.807) is 0 Å². The summed E-state index contributed by atoms with van der Waals surface area (Å²) in [6.45, 7) is 2.18. The van der Waals surface area contributed by atoms with Crippen LogP contribution >= 0.6 is 0 Å². The molecule has 1 heterocycles. The highest BCUT2D eigenvalue weighted by Crippen LogP contribution is 2.28. The average molecular weight is 313 g/mol. The Labute approximate surface area is 141 Å². The van der Waals surface area contributed by atoms with Crippen molar-refractivity contribution in [1.82, 2.24) is 4.98 Å². The number of hydrogen-bond donors (Lipinski definition) is 1. The smallest absolute Gasteiger partial charge is 0.195 e. The summed E-state index contributed by atoms with van der Waals surface area (Å²) in [6.07, 6.45) is 3.95. The van der Waals surface area contributed by atoms with Gasteiger partial charge in [0, 0.05) is 28.2 Å². The molecule has 4 aromatic rings. The third kappa shape index (κ3) is 2.31. The molecule has 0 fully saturated rings. The van der Waals surface area contributed by atoms with Crippen LogP contribution in [0.4, 0.5) is 0 Å². The van der Waals surface area contributed by atoms with Gasteiger partial charge < -0.3 is 4.98 Å². The van der Waals surface area contributed by atoms with Gasteiger partial charge in [-0.05, 0) is 28.8 Å². The van der Waals surface area contributed by atoms with Crippen LogP contribution in [0.3, 0.4) is 0 Å². The number of H-pyrrole nitrogens is 1. The number of aryl methyl sites for hydroxylation is 1. The molecule has 0 unspecified atom stereocenters. The first-order valence-corrected chi connectivity index (χ1v) is 8.41. The number of rotatable bonds is 4. The number of aromatic nitrogens is 1. The van der Waals surface area contributed by atoms with Gasteiger partial charge in [0.15, 0.2) is 5.78 Å². The Kier molecular flexibility index (Phi) is 3.66. The topological polar surface area (TPSA) is 32.9 Å². The van der Waals surface area contributed by atoms with Gasteiger partial charge >= 0.3 is 0 Å². The number of carbonyl (C=O) groups excluding carboxylic acids is 1. The van der Waals surface area contributed by atoms with E-state index in [0.717, 1.165) is 40.3 Å². The Balaban J connectivity index is 1.90. The maximum atomic E-state index is 13.2. The number of ketones is 1. The van der Waals surface area contributed by atoms with Crippen LogP contribution in [0.25, 0.3) is 21.7 Å².